The molecule has 0 radical (unpaired) electrons. The zero-order chi connectivity index (χ0) is 8.55. The van der Waals surface area contributed by atoms with E-state index >= 15 is 0 Å². The number of fused-ring (bicyclic) bond motifs is 1. The molecule has 0 amide bonds. The highest BCUT2D eigenvalue weighted by atomic mass is 35.5. The fraction of sp³-hybridized carbons (Fsp3) is 0.125. The van der Waals surface area contributed by atoms with Gasteiger partial charge in [-0.05, 0) is 6.07 Å². The maximum absolute atomic E-state index is 5.86. The molecule has 14 heavy (non-hydrogen) atoms. The molecule has 0 aliphatic rings. The molecule has 2 aromatic rings. The van der Waals surface area contributed by atoms with E-state index in [2.05, 4.69) is 4.98 Å². The lowest BCUT2D eigenvalue weighted by Crippen LogP contribution is -1.92. The van der Waals surface area contributed by atoms with Crippen molar-refractivity contribution in [1.29, 1.82) is 0 Å². The first-order chi connectivity index (χ1) is 5.81. The van der Waals surface area contributed by atoms with Gasteiger partial charge in [0.1, 0.15) is 5.76 Å². The molecule has 6 heteroatoms. The zero-order valence-corrected chi connectivity index (χ0v) is 9.46. The summed E-state index contributed by atoms with van der Waals surface area (Å²) in [5, 5.41) is 1.46. The fourth-order valence-corrected chi connectivity index (χ4v) is 1.28. The summed E-state index contributed by atoms with van der Waals surface area (Å²) in [6.45, 7) is 0.380. The van der Waals surface area contributed by atoms with Crippen LogP contribution in [-0.2, 0) is 6.54 Å². The SMILES string of the molecule is Cl.Cl.NCc1cc2c(Cl)cncc2o1. The highest BCUT2D eigenvalue weighted by Crippen LogP contribution is 2.24. The number of rotatable bonds is 1. The van der Waals surface area contributed by atoms with Crippen LogP contribution in [0.25, 0.3) is 11.0 Å². The Labute approximate surface area is 98.4 Å². The van der Waals surface area contributed by atoms with E-state index in [1.807, 2.05) is 6.07 Å². The zero-order valence-electron chi connectivity index (χ0n) is 7.07. The summed E-state index contributed by atoms with van der Waals surface area (Å²) in [6.07, 6.45) is 3.21. The van der Waals surface area contributed by atoms with Crippen LogP contribution in [-0.4, -0.2) is 4.98 Å². The molecule has 0 unspecified atom stereocenters. The van der Waals surface area contributed by atoms with Crippen LogP contribution in [0, 0.1) is 0 Å². The van der Waals surface area contributed by atoms with Gasteiger partial charge in [0.25, 0.3) is 0 Å². The van der Waals surface area contributed by atoms with Gasteiger partial charge in [-0.1, -0.05) is 11.6 Å². The standard InChI is InChI=1S/C8H7ClN2O.2ClH/c9-7-3-11-4-8-6(7)1-5(2-10)12-8;;/h1,3-4H,2,10H2;2*1H. The average Bonchev–Trinajstić information content (AvgIpc) is 2.49. The topological polar surface area (TPSA) is 52.0 Å². The Hall–Kier alpha value is -0.480. The van der Waals surface area contributed by atoms with Gasteiger partial charge in [0, 0.05) is 11.6 Å². The van der Waals surface area contributed by atoms with Crippen molar-refractivity contribution >= 4 is 47.4 Å². The molecule has 0 saturated carbocycles. The van der Waals surface area contributed by atoms with Crippen molar-refractivity contribution in [2.75, 3.05) is 0 Å². The van der Waals surface area contributed by atoms with Gasteiger partial charge in [0.15, 0.2) is 5.58 Å². The van der Waals surface area contributed by atoms with Gasteiger partial charge >= 0.3 is 0 Å². The molecule has 0 aliphatic carbocycles. The van der Waals surface area contributed by atoms with Crippen LogP contribution in [0.5, 0.6) is 0 Å². The smallest absolute Gasteiger partial charge is 0.154 e. The van der Waals surface area contributed by atoms with Gasteiger partial charge in [-0.3, -0.25) is 4.98 Å². The van der Waals surface area contributed by atoms with E-state index in [-0.39, 0.29) is 24.8 Å². The maximum Gasteiger partial charge on any atom is 0.154 e. The number of nitrogens with zero attached hydrogens (tertiary/aromatic N) is 1. The number of halogens is 3. The third-order valence-electron chi connectivity index (χ3n) is 1.65. The van der Waals surface area contributed by atoms with E-state index in [0.29, 0.717) is 17.2 Å². The Morgan fingerprint density at radius 3 is 2.64 bits per heavy atom. The number of nitrogens with two attached hydrogens (primary N) is 1. The summed E-state index contributed by atoms with van der Waals surface area (Å²) in [7, 11) is 0. The second-order valence-electron chi connectivity index (χ2n) is 2.45. The minimum atomic E-state index is 0. The first-order valence-corrected chi connectivity index (χ1v) is 3.91. The van der Waals surface area contributed by atoms with Crippen LogP contribution >= 0.6 is 36.4 Å². The molecule has 0 bridgehead atoms. The summed E-state index contributed by atoms with van der Waals surface area (Å²) >= 11 is 5.86. The molecule has 0 fully saturated rings. The van der Waals surface area contributed by atoms with Crippen LogP contribution in [0.1, 0.15) is 5.76 Å². The maximum atomic E-state index is 5.86. The van der Waals surface area contributed by atoms with Crippen molar-refractivity contribution in [2.24, 2.45) is 5.73 Å². The molecule has 2 aromatic heterocycles. The molecule has 0 aliphatic heterocycles. The van der Waals surface area contributed by atoms with E-state index in [4.69, 9.17) is 21.8 Å². The number of hydrogen-bond donors (Lipinski definition) is 1. The number of furan rings is 1. The Morgan fingerprint density at radius 1 is 1.36 bits per heavy atom. The monoisotopic (exact) mass is 254 g/mol. The molecule has 0 saturated heterocycles. The summed E-state index contributed by atoms with van der Waals surface area (Å²) in [5.41, 5.74) is 6.09. The molecule has 0 atom stereocenters. The van der Waals surface area contributed by atoms with Gasteiger partial charge in [-0.25, -0.2) is 0 Å². The molecule has 0 aromatic carbocycles. The number of pyridine rings is 1. The Kier molecular flexibility index (Phi) is 5.23. The van der Waals surface area contributed by atoms with Gasteiger partial charge in [0.05, 0.1) is 17.8 Å². The molecular formula is C8H9Cl3N2O. The average molecular weight is 256 g/mol. The van der Waals surface area contributed by atoms with Gasteiger partial charge < -0.3 is 10.2 Å². The third kappa shape index (κ3) is 2.30. The molecule has 2 heterocycles. The lowest BCUT2D eigenvalue weighted by Gasteiger charge is -1.87. The van der Waals surface area contributed by atoms with Crippen molar-refractivity contribution in [3.63, 3.8) is 0 Å². The lowest BCUT2D eigenvalue weighted by atomic mass is 10.3. The number of aromatic nitrogens is 1. The largest absolute Gasteiger partial charge is 0.458 e. The summed E-state index contributed by atoms with van der Waals surface area (Å²) in [5.74, 6) is 0.722. The molecule has 0 spiro atoms. The van der Waals surface area contributed by atoms with E-state index in [0.717, 1.165) is 11.1 Å². The van der Waals surface area contributed by atoms with Gasteiger partial charge in [-0.2, -0.15) is 0 Å². The summed E-state index contributed by atoms with van der Waals surface area (Å²) < 4.78 is 5.33. The van der Waals surface area contributed by atoms with Crippen molar-refractivity contribution in [3.8, 4) is 0 Å². The molecule has 2 N–H and O–H groups in total. The van der Waals surface area contributed by atoms with Gasteiger partial charge in [0.2, 0.25) is 0 Å². The van der Waals surface area contributed by atoms with E-state index < -0.39 is 0 Å². The molecule has 78 valence electrons. The highest BCUT2D eigenvalue weighted by Gasteiger charge is 2.04. The first-order valence-electron chi connectivity index (χ1n) is 3.53. The van der Waals surface area contributed by atoms with Crippen molar-refractivity contribution < 1.29 is 4.42 Å². The normalized spacial score (nSPS) is 9.29. The Morgan fingerprint density at radius 2 is 2.07 bits per heavy atom. The second kappa shape index (κ2) is 5.41. The van der Waals surface area contributed by atoms with Crippen LogP contribution < -0.4 is 5.73 Å². The van der Waals surface area contributed by atoms with E-state index in [9.17, 15) is 0 Å². The van der Waals surface area contributed by atoms with Crippen molar-refractivity contribution in [2.45, 2.75) is 6.54 Å². The quantitative estimate of drug-likeness (QED) is 0.852. The lowest BCUT2D eigenvalue weighted by molar-refractivity contribution is 0.551. The number of hydrogen-bond acceptors (Lipinski definition) is 3. The Balaban J connectivity index is 0.000000845. The minimum absolute atomic E-state index is 0. The van der Waals surface area contributed by atoms with Crippen molar-refractivity contribution in [3.05, 3.63) is 29.2 Å². The van der Waals surface area contributed by atoms with Gasteiger partial charge in [-0.15, -0.1) is 24.8 Å². The van der Waals surface area contributed by atoms with Crippen molar-refractivity contribution in [1.82, 2.24) is 4.98 Å². The van der Waals surface area contributed by atoms with E-state index in [1.54, 1.807) is 12.4 Å². The highest BCUT2D eigenvalue weighted by molar-refractivity contribution is 6.35. The second-order valence-corrected chi connectivity index (χ2v) is 2.86. The van der Waals surface area contributed by atoms with Crippen LogP contribution in [0.3, 0.4) is 0 Å². The van der Waals surface area contributed by atoms with E-state index in [1.165, 1.54) is 0 Å². The minimum Gasteiger partial charge on any atom is -0.458 e. The molecular weight excluding hydrogens is 246 g/mol. The predicted octanol–water partition coefficient (Wildman–Crippen LogP) is 2.78. The first kappa shape index (κ1) is 13.5. The summed E-state index contributed by atoms with van der Waals surface area (Å²) in [4.78, 5) is 3.89. The predicted molar refractivity (Wildman–Crippen MR) is 61.4 cm³/mol. The van der Waals surface area contributed by atoms with Crippen LogP contribution in [0.15, 0.2) is 22.9 Å². The Bertz CT molecular complexity index is 416. The van der Waals surface area contributed by atoms with Crippen LogP contribution in [0.4, 0.5) is 0 Å². The summed E-state index contributed by atoms with van der Waals surface area (Å²) in [6, 6.07) is 1.83. The molecule has 3 nitrogen and oxygen atoms in total. The molecule has 2 rings (SSSR count). The van der Waals surface area contributed by atoms with Crippen LogP contribution in [0.2, 0.25) is 5.02 Å². The third-order valence-corrected chi connectivity index (χ3v) is 1.95. The fourth-order valence-electron chi connectivity index (χ4n) is 1.08.